The summed E-state index contributed by atoms with van der Waals surface area (Å²) in [5.74, 6) is 0.578. The van der Waals surface area contributed by atoms with Crippen LogP contribution in [-0.4, -0.2) is 55.4 Å². The summed E-state index contributed by atoms with van der Waals surface area (Å²) in [6, 6.07) is 0.539. The normalized spacial score (nSPS) is 33.8. The van der Waals surface area contributed by atoms with Crippen LogP contribution in [0.5, 0.6) is 0 Å². The number of hydrogen-bond acceptors (Lipinski definition) is 5. The molecule has 0 aromatic rings. The number of alkyl halides is 1. The Bertz CT molecular complexity index is 561. The number of fused-ring (bicyclic) bond motifs is 1. The summed E-state index contributed by atoms with van der Waals surface area (Å²) in [5.41, 5.74) is 9.43. The number of aliphatic hydroxyl groups is 1. The Hall–Kier alpha value is -1.24. The van der Waals surface area contributed by atoms with Crippen molar-refractivity contribution in [1.82, 2.24) is 5.32 Å². The summed E-state index contributed by atoms with van der Waals surface area (Å²) >= 11 is 0. The van der Waals surface area contributed by atoms with Gasteiger partial charge < -0.3 is 20.9 Å². The molecule has 0 radical (unpaired) electrons. The number of allylic oxidation sites excluding steroid dienone is 1. The van der Waals surface area contributed by atoms with E-state index in [1.165, 1.54) is 11.3 Å². The van der Waals surface area contributed by atoms with E-state index in [2.05, 4.69) is 17.5 Å². The van der Waals surface area contributed by atoms with Gasteiger partial charge in [0.25, 0.3) is 0 Å². The Morgan fingerprint density at radius 2 is 2.24 bits per heavy atom. The van der Waals surface area contributed by atoms with Crippen LogP contribution in [0.3, 0.4) is 0 Å². The number of halogens is 1. The average Bonchev–Trinajstić information content (AvgIpc) is 2.65. The predicted molar refractivity (Wildman–Crippen MR) is 97.3 cm³/mol. The molecule has 6 heteroatoms. The fraction of sp³-hybridized carbons (Fsp3) is 0.737. The van der Waals surface area contributed by atoms with Gasteiger partial charge in [0.15, 0.2) is 0 Å². The highest BCUT2D eigenvalue weighted by Gasteiger charge is 2.32. The third-order valence-corrected chi connectivity index (χ3v) is 5.65. The van der Waals surface area contributed by atoms with Crippen molar-refractivity contribution in [1.29, 1.82) is 0 Å². The molecule has 0 saturated heterocycles. The summed E-state index contributed by atoms with van der Waals surface area (Å²) < 4.78 is 18.3. The minimum atomic E-state index is -1.04. The molecule has 25 heavy (non-hydrogen) atoms. The van der Waals surface area contributed by atoms with Crippen LogP contribution in [0.4, 0.5) is 4.39 Å². The first-order chi connectivity index (χ1) is 12.1. The Balaban J connectivity index is 1.67. The minimum Gasteiger partial charge on any atom is -0.402 e. The van der Waals surface area contributed by atoms with Crippen LogP contribution in [-0.2, 0) is 4.74 Å². The molecular formula is C19H30FN3O2. The predicted octanol–water partition coefficient (Wildman–Crippen LogP) is 1.87. The maximum Gasteiger partial charge on any atom is 0.118 e. The highest BCUT2D eigenvalue weighted by atomic mass is 19.1. The standard InChI is InChI=1S/C19H30FN3O2/c1-22-18-6-3-13(9-19(18)25-11-15(24)10-20)16-5-2-12-8-14(21)4-7-17(12)23-16/h3-4,12,15,17-19,22,24H,2,5-11,21H2,1H3/t12-,15?,17+,18?,19-/m1/s1. The number of nitrogens with zero attached hydrogens (tertiary/aromatic N) is 1. The first-order valence-corrected chi connectivity index (χ1v) is 9.34. The van der Waals surface area contributed by atoms with Gasteiger partial charge in [0.2, 0.25) is 0 Å². The number of aliphatic hydroxyl groups excluding tert-OH is 1. The van der Waals surface area contributed by atoms with Crippen molar-refractivity contribution >= 4 is 5.71 Å². The van der Waals surface area contributed by atoms with E-state index in [4.69, 9.17) is 15.5 Å². The maximum atomic E-state index is 12.5. The smallest absolute Gasteiger partial charge is 0.118 e. The summed E-state index contributed by atoms with van der Waals surface area (Å²) in [6.45, 7) is -0.736. The van der Waals surface area contributed by atoms with E-state index in [1.54, 1.807) is 0 Å². The van der Waals surface area contributed by atoms with Crippen LogP contribution in [0.1, 0.15) is 38.5 Å². The van der Waals surface area contributed by atoms with E-state index >= 15 is 0 Å². The van der Waals surface area contributed by atoms with Gasteiger partial charge in [-0.1, -0.05) is 12.2 Å². The minimum absolute atomic E-state index is 0.0356. The van der Waals surface area contributed by atoms with Gasteiger partial charge in [-0.3, -0.25) is 4.99 Å². The van der Waals surface area contributed by atoms with Crippen LogP contribution < -0.4 is 11.1 Å². The quantitative estimate of drug-likeness (QED) is 0.682. The van der Waals surface area contributed by atoms with E-state index in [-0.39, 0.29) is 18.8 Å². The molecule has 0 aromatic heterocycles. The van der Waals surface area contributed by atoms with Crippen molar-refractivity contribution in [3.8, 4) is 0 Å². The summed E-state index contributed by atoms with van der Waals surface area (Å²) in [4.78, 5) is 5.02. The van der Waals surface area contributed by atoms with Gasteiger partial charge in [0.1, 0.15) is 12.8 Å². The lowest BCUT2D eigenvalue weighted by atomic mass is 9.79. The molecule has 0 amide bonds. The fourth-order valence-electron chi connectivity index (χ4n) is 4.13. The van der Waals surface area contributed by atoms with Gasteiger partial charge in [0, 0.05) is 23.9 Å². The lowest BCUT2D eigenvalue weighted by Crippen LogP contribution is -2.43. The van der Waals surface area contributed by atoms with Crippen molar-refractivity contribution in [3.05, 3.63) is 23.4 Å². The van der Waals surface area contributed by atoms with Crippen LogP contribution in [0.25, 0.3) is 0 Å². The SMILES string of the molecule is CNC1CC=C(C2=N[C@H]3CC=C(N)C[C@H]3CC2)C[C@H]1OCC(O)CF. The molecular weight excluding hydrogens is 321 g/mol. The Morgan fingerprint density at radius 1 is 1.40 bits per heavy atom. The van der Waals surface area contributed by atoms with Gasteiger partial charge >= 0.3 is 0 Å². The zero-order valence-electron chi connectivity index (χ0n) is 15.0. The van der Waals surface area contributed by atoms with Crippen LogP contribution >= 0.6 is 0 Å². The zero-order valence-corrected chi connectivity index (χ0v) is 15.0. The average molecular weight is 351 g/mol. The number of ether oxygens (including phenoxy) is 1. The molecule has 1 aliphatic heterocycles. The number of nitrogens with two attached hydrogens (primary N) is 1. The molecule has 5 atom stereocenters. The molecule has 0 bridgehead atoms. The largest absolute Gasteiger partial charge is 0.402 e. The summed E-state index contributed by atoms with van der Waals surface area (Å²) in [7, 11) is 1.91. The van der Waals surface area contributed by atoms with Crippen LogP contribution in [0, 0.1) is 5.92 Å². The molecule has 2 aliphatic carbocycles. The molecule has 0 aromatic carbocycles. The van der Waals surface area contributed by atoms with Crippen molar-refractivity contribution in [2.75, 3.05) is 20.3 Å². The molecule has 3 rings (SSSR count). The molecule has 0 fully saturated rings. The van der Waals surface area contributed by atoms with Crippen LogP contribution in [0.2, 0.25) is 0 Å². The van der Waals surface area contributed by atoms with Crippen LogP contribution in [0.15, 0.2) is 28.4 Å². The summed E-state index contributed by atoms with van der Waals surface area (Å²) in [5, 5.41) is 12.7. The third-order valence-electron chi connectivity index (χ3n) is 5.65. The molecule has 4 N–H and O–H groups in total. The number of aliphatic imine (C=N–C) groups is 1. The number of rotatable bonds is 6. The van der Waals surface area contributed by atoms with Crippen molar-refractivity contribution in [2.24, 2.45) is 16.6 Å². The number of hydrogen-bond donors (Lipinski definition) is 3. The molecule has 140 valence electrons. The van der Waals surface area contributed by atoms with Crippen molar-refractivity contribution in [2.45, 2.75) is 62.8 Å². The van der Waals surface area contributed by atoms with Gasteiger partial charge in [-0.05, 0) is 50.6 Å². The van der Waals surface area contributed by atoms with Crippen molar-refractivity contribution in [3.63, 3.8) is 0 Å². The van der Waals surface area contributed by atoms with Gasteiger partial charge in [-0.25, -0.2) is 4.39 Å². The van der Waals surface area contributed by atoms with E-state index in [0.29, 0.717) is 12.0 Å². The lowest BCUT2D eigenvalue weighted by Gasteiger charge is -2.36. The highest BCUT2D eigenvalue weighted by molar-refractivity contribution is 6.00. The van der Waals surface area contributed by atoms with Gasteiger partial charge in [-0.15, -0.1) is 0 Å². The highest BCUT2D eigenvalue weighted by Crippen LogP contribution is 2.35. The second-order valence-corrected chi connectivity index (χ2v) is 7.41. The lowest BCUT2D eigenvalue weighted by molar-refractivity contribution is -0.0312. The van der Waals surface area contributed by atoms with Gasteiger partial charge in [0.05, 0.1) is 18.8 Å². The molecule has 1 heterocycles. The second-order valence-electron chi connectivity index (χ2n) is 7.41. The van der Waals surface area contributed by atoms with E-state index in [9.17, 15) is 9.50 Å². The molecule has 2 unspecified atom stereocenters. The van der Waals surface area contributed by atoms with E-state index < -0.39 is 12.8 Å². The van der Waals surface area contributed by atoms with Crippen molar-refractivity contribution < 1.29 is 14.2 Å². The topological polar surface area (TPSA) is 79.9 Å². The first-order valence-electron chi connectivity index (χ1n) is 9.34. The second kappa shape index (κ2) is 8.43. The fourth-order valence-corrected chi connectivity index (χ4v) is 4.13. The van der Waals surface area contributed by atoms with Gasteiger partial charge in [-0.2, -0.15) is 0 Å². The zero-order chi connectivity index (χ0) is 17.8. The molecule has 5 nitrogen and oxygen atoms in total. The Morgan fingerprint density at radius 3 is 3.00 bits per heavy atom. The third kappa shape index (κ3) is 4.49. The molecule has 0 saturated carbocycles. The Kier molecular flexibility index (Phi) is 6.25. The Labute approximate surface area is 149 Å². The monoisotopic (exact) mass is 351 g/mol. The van der Waals surface area contributed by atoms with E-state index in [1.807, 2.05) is 7.05 Å². The summed E-state index contributed by atoms with van der Waals surface area (Å²) in [6.07, 6.45) is 8.93. The number of likely N-dealkylation sites (N-methyl/N-ethyl adjacent to an activating group) is 1. The van der Waals surface area contributed by atoms with E-state index in [0.717, 1.165) is 44.2 Å². The molecule has 0 spiro atoms. The number of nitrogens with one attached hydrogen (secondary N) is 1. The maximum absolute atomic E-state index is 12.5. The molecule has 3 aliphatic rings. The first kappa shape index (κ1) is 18.5.